The summed E-state index contributed by atoms with van der Waals surface area (Å²) in [5.74, 6) is 0.594. The van der Waals surface area contributed by atoms with E-state index in [1.54, 1.807) is 43.5 Å². The molecule has 0 spiro atoms. The van der Waals surface area contributed by atoms with Gasteiger partial charge >= 0.3 is 6.03 Å². The maximum absolute atomic E-state index is 12.7. The number of carbonyl (C=O) groups is 1. The predicted molar refractivity (Wildman–Crippen MR) is 94.3 cm³/mol. The highest BCUT2D eigenvalue weighted by molar-refractivity contribution is 5.91. The lowest BCUT2D eigenvalue weighted by molar-refractivity contribution is 0.153. The van der Waals surface area contributed by atoms with Crippen LogP contribution in [0.15, 0.2) is 47.1 Å². The van der Waals surface area contributed by atoms with Crippen molar-refractivity contribution in [2.45, 2.75) is 13.5 Å². The molecular weight excluding hydrogens is 320 g/mol. The number of hydrogen-bond donors (Lipinski definition) is 1. The highest BCUT2D eigenvalue weighted by Crippen LogP contribution is 2.20. The van der Waals surface area contributed by atoms with Gasteiger partial charge in [-0.05, 0) is 23.8 Å². The molecule has 0 saturated carbocycles. The highest BCUT2D eigenvalue weighted by Gasteiger charge is 2.15. The minimum atomic E-state index is -0.212. The Labute approximate surface area is 145 Å². The van der Waals surface area contributed by atoms with E-state index >= 15 is 0 Å². The molecule has 0 atom stereocenters. The van der Waals surface area contributed by atoms with Crippen LogP contribution in [-0.2, 0) is 11.3 Å². The van der Waals surface area contributed by atoms with Gasteiger partial charge in [-0.1, -0.05) is 6.07 Å². The summed E-state index contributed by atoms with van der Waals surface area (Å²) in [6.07, 6.45) is 3.45. The summed E-state index contributed by atoms with van der Waals surface area (Å²) in [5, 5.41) is 2.90. The number of urea groups is 1. The fourth-order valence-electron chi connectivity index (χ4n) is 2.49. The number of carbonyl (C=O) groups excluding carboxylic acids is 1. The zero-order valence-electron chi connectivity index (χ0n) is 14.2. The van der Waals surface area contributed by atoms with Crippen LogP contribution in [0.25, 0.3) is 11.1 Å². The molecule has 25 heavy (non-hydrogen) atoms. The fourth-order valence-corrected chi connectivity index (χ4v) is 2.49. The number of amides is 2. The van der Waals surface area contributed by atoms with Crippen LogP contribution < -0.4 is 5.32 Å². The average molecular weight is 340 g/mol. The molecule has 0 radical (unpaired) electrons. The smallest absolute Gasteiger partial charge is 0.322 e. The maximum atomic E-state index is 12.7. The third-order valence-electron chi connectivity index (χ3n) is 3.70. The highest BCUT2D eigenvalue weighted by atomic mass is 16.5. The van der Waals surface area contributed by atoms with E-state index in [0.717, 1.165) is 11.1 Å². The number of nitrogens with one attached hydrogen (secondary N) is 1. The monoisotopic (exact) mass is 340 g/mol. The average Bonchev–Trinajstić information content (AvgIpc) is 2.98. The van der Waals surface area contributed by atoms with Gasteiger partial charge in [-0.3, -0.25) is 4.98 Å². The lowest BCUT2D eigenvalue weighted by atomic mass is 10.2. The van der Waals surface area contributed by atoms with E-state index in [2.05, 4.69) is 15.3 Å². The van der Waals surface area contributed by atoms with E-state index in [0.29, 0.717) is 36.9 Å². The number of nitrogens with zero attached hydrogens (tertiary/aromatic N) is 3. The van der Waals surface area contributed by atoms with E-state index in [9.17, 15) is 4.79 Å². The third kappa shape index (κ3) is 4.33. The molecule has 2 heterocycles. The van der Waals surface area contributed by atoms with Gasteiger partial charge in [-0.25, -0.2) is 9.78 Å². The number of oxazole rings is 1. The second-order valence-corrected chi connectivity index (χ2v) is 5.62. The van der Waals surface area contributed by atoms with E-state index in [1.165, 1.54) is 0 Å². The summed E-state index contributed by atoms with van der Waals surface area (Å²) in [6.45, 7) is 3.17. The normalized spacial score (nSPS) is 10.8. The van der Waals surface area contributed by atoms with E-state index < -0.39 is 0 Å². The molecule has 2 amide bonds. The van der Waals surface area contributed by atoms with Crippen LogP contribution in [0.5, 0.6) is 0 Å². The van der Waals surface area contributed by atoms with Crippen molar-refractivity contribution in [2.75, 3.05) is 25.6 Å². The number of benzene rings is 1. The number of aryl methyl sites for hydroxylation is 1. The number of anilines is 1. The molecule has 3 rings (SSSR count). The summed E-state index contributed by atoms with van der Waals surface area (Å²) in [4.78, 5) is 22.7. The number of aromatic nitrogens is 2. The number of hydrogen-bond acceptors (Lipinski definition) is 5. The standard InChI is InChI=1S/C18H20N4O3/c1-13-20-16-6-5-15(10-17(16)25-13)21-18(23)22(8-9-24-2)12-14-4-3-7-19-11-14/h3-7,10-11H,8-9,12H2,1-2H3,(H,21,23). The molecular formula is C18H20N4O3. The van der Waals surface area contributed by atoms with Crippen molar-refractivity contribution < 1.29 is 13.9 Å². The lowest BCUT2D eigenvalue weighted by Gasteiger charge is -2.22. The largest absolute Gasteiger partial charge is 0.441 e. The molecule has 0 bridgehead atoms. The number of pyridine rings is 1. The van der Waals surface area contributed by atoms with E-state index in [-0.39, 0.29) is 6.03 Å². The second kappa shape index (κ2) is 7.76. The summed E-state index contributed by atoms with van der Waals surface area (Å²) >= 11 is 0. The van der Waals surface area contributed by atoms with Gasteiger partial charge in [0.15, 0.2) is 11.5 Å². The molecule has 0 saturated heterocycles. The molecule has 7 heteroatoms. The van der Waals surface area contributed by atoms with Gasteiger partial charge in [0.25, 0.3) is 0 Å². The van der Waals surface area contributed by atoms with Crippen molar-refractivity contribution in [1.82, 2.24) is 14.9 Å². The Hall–Kier alpha value is -2.93. The molecule has 7 nitrogen and oxygen atoms in total. The topological polar surface area (TPSA) is 80.5 Å². The van der Waals surface area contributed by atoms with Gasteiger partial charge in [0, 0.05) is 51.3 Å². The first-order valence-corrected chi connectivity index (χ1v) is 7.96. The Bertz CT molecular complexity index is 848. The van der Waals surface area contributed by atoms with E-state index in [4.69, 9.17) is 9.15 Å². The minimum absolute atomic E-state index is 0.212. The molecule has 0 aliphatic heterocycles. The molecule has 1 N–H and O–H groups in total. The van der Waals surface area contributed by atoms with Gasteiger partial charge in [0.2, 0.25) is 0 Å². The number of methoxy groups -OCH3 is 1. The van der Waals surface area contributed by atoms with Crippen molar-refractivity contribution in [3.63, 3.8) is 0 Å². The SMILES string of the molecule is COCCN(Cc1cccnc1)C(=O)Nc1ccc2nc(C)oc2c1. The molecule has 0 aliphatic carbocycles. The molecule has 1 aromatic carbocycles. The van der Waals surface area contributed by atoms with Crippen LogP contribution in [0, 0.1) is 6.92 Å². The fraction of sp³-hybridized carbons (Fsp3) is 0.278. The summed E-state index contributed by atoms with van der Waals surface area (Å²) < 4.78 is 10.6. The molecule has 0 aliphatic rings. The Morgan fingerprint density at radius 1 is 1.36 bits per heavy atom. The Morgan fingerprint density at radius 3 is 3.00 bits per heavy atom. The summed E-state index contributed by atoms with van der Waals surface area (Å²) in [6, 6.07) is 8.97. The predicted octanol–water partition coefficient (Wildman–Crippen LogP) is 3.21. The van der Waals surface area contributed by atoms with Gasteiger partial charge < -0.3 is 19.4 Å². The quantitative estimate of drug-likeness (QED) is 0.745. The van der Waals surface area contributed by atoms with E-state index in [1.807, 2.05) is 18.2 Å². The first kappa shape index (κ1) is 16.9. The third-order valence-corrected chi connectivity index (χ3v) is 3.70. The lowest BCUT2D eigenvalue weighted by Crippen LogP contribution is -2.36. The molecule has 130 valence electrons. The first-order chi connectivity index (χ1) is 12.2. The Morgan fingerprint density at radius 2 is 2.24 bits per heavy atom. The second-order valence-electron chi connectivity index (χ2n) is 5.62. The van der Waals surface area contributed by atoms with Crippen LogP contribution in [-0.4, -0.2) is 41.2 Å². The van der Waals surface area contributed by atoms with Crippen molar-refractivity contribution >= 4 is 22.8 Å². The van der Waals surface area contributed by atoms with Crippen LogP contribution in [0.2, 0.25) is 0 Å². The molecule has 3 aromatic rings. The number of fused-ring (bicyclic) bond motifs is 1. The van der Waals surface area contributed by atoms with Gasteiger partial charge in [-0.15, -0.1) is 0 Å². The number of ether oxygens (including phenoxy) is 1. The Kier molecular flexibility index (Phi) is 5.25. The number of rotatable bonds is 6. The van der Waals surface area contributed by atoms with Crippen LogP contribution in [0.1, 0.15) is 11.5 Å². The van der Waals surface area contributed by atoms with Gasteiger partial charge in [-0.2, -0.15) is 0 Å². The summed E-state index contributed by atoms with van der Waals surface area (Å²) in [7, 11) is 1.61. The Balaban J connectivity index is 1.73. The van der Waals surface area contributed by atoms with Crippen molar-refractivity contribution in [3.05, 3.63) is 54.2 Å². The zero-order valence-corrected chi connectivity index (χ0v) is 14.2. The van der Waals surface area contributed by atoms with Crippen LogP contribution in [0.3, 0.4) is 0 Å². The maximum Gasteiger partial charge on any atom is 0.322 e. The van der Waals surface area contributed by atoms with Crippen LogP contribution >= 0.6 is 0 Å². The van der Waals surface area contributed by atoms with Crippen molar-refractivity contribution in [3.8, 4) is 0 Å². The van der Waals surface area contributed by atoms with Gasteiger partial charge in [0.05, 0.1) is 6.61 Å². The van der Waals surface area contributed by atoms with Gasteiger partial charge in [0.1, 0.15) is 5.52 Å². The zero-order chi connectivity index (χ0) is 17.6. The van der Waals surface area contributed by atoms with Crippen molar-refractivity contribution in [1.29, 1.82) is 0 Å². The molecule has 0 unspecified atom stereocenters. The molecule has 0 fully saturated rings. The first-order valence-electron chi connectivity index (χ1n) is 7.96. The summed E-state index contributed by atoms with van der Waals surface area (Å²) in [5.41, 5.74) is 3.02. The molecule has 2 aromatic heterocycles. The minimum Gasteiger partial charge on any atom is -0.441 e. The van der Waals surface area contributed by atoms with Crippen LogP contribution in [0.4, 0.5) is 10.5 Å². The van der Waals surface area contributed by atoms with Crippen molar-refractivity contribution in [2.24, 2.45) is 0 Å².